The Balaban J connectivity index is 0.00000225. The van der Waals surface area contributed by atoms with E-state index in [9.17, 15) is 13.2 Å². The Bertz CT molecular complexity index is 477. The molecule has 1 N–H and O–H groups in total. The number of ether oxygens (including phenoxy) is 1. The van der Waals surface area contributed by atoms with Gasteiger partial charge in [0.25, 0.3) is 10.1 Å². The Morgan fingerprint density at radius 1 is 1.31 bits per heavy atom. The fourth-order valence-corrected chi connectivity index (χ4v) is 1.32. The van der Waals surface area contributed by atoms with Gasteiger partial charge in [-0.05, 0) is 24.3 Å². The van der Waals surface area contributed by atoms with E-state index in [0.29, 0.717) is 0 Å². The molecule has 0 radical (unpaired) electrons. The molecule has 0 atom stereocenters. The first kappa shape index (κ1) is 15.3. The van der Waals surface area contributed by atoms with Crippen LogP contribution in [0.5, 0.6) is 5.75 Å². The second-order valence-electron chi connectivity index (χ2n) is 2.57. The van der Waals surface area contributed by atoms with Gasteiger partial charge in [-0.25, -0.2) is 4.79 Å². The first-order valence-electron chi connectivity index (χ1n) is 3.85. The molecule has 0 aliphatic rings. The summed E-state index contributed by atoms with van der Waals surface area (Å²) in [6, 6.07) is 4.76. The van der Waals surface area contributed by atoms with Gasteiger partial charge in [0.05, 0.1) is 4.90 Å². The molecule has 0 fully saturated rings. The summed E-state index contributed by atoms with van der Waals surface area (Å²) in [7, 11) is -4.21. The molecule has 0 heterocycles. The van der Waals surface area contributed by atoms with Gasteiger partial charge in [-0.3, -0.25) is 4.55 Å². The van der Waals surface area contributed by atoms with Crippen LogP contribution in [-0.2, 0) is 14.9 Å². The quantitative estimate of drug-likeness (QED) is 0.276. The van der Waals surface area contributed by atoms with Crippen molar-refractivity contribution in [2.24, 2.45) is 0 Å². The van der Waals surface area contributed by atoms with Gasteiger partial charge in [0.1, 0.15) is 5.75 Å². The first-order chi connectivity index (χ1) is 6.93. The molecular formula is C9H9NaO5S. The van der Waals surface area contributed by atoms with E-state index in [4.69, 9.17) is 9.29 Å². The molecule has 5 nitrogen and oxygen atoms in total. The van der Waals surface area contributed by atoms with E-state index in [2.05, 4.69) is 6.58 Å². The van der Waals surface area contributed by atoms with Crippen LogP contribution in [0.2, 0.25) is 0 Å². The first-order valence-corrected chi connectivity index (χ1v) is 5.29. The van der Waals surface area contributed by atoms with Crippen LogP contribution >= 0.6 is 0 Å². The zero-order valence-electron chi connectivity index (χ0n) is 7.58. The van der Waals surface area contributed by atoms with E-state index in [1.165, 1.54) is 12.1 Å². The Morgan fingerprint density at radius 2 is 1.81 bits per heavy atom. The number of hydrogen-bond donors (Lipinski definition) is 1. The summed E-state index contributed by atoms with van der Waals surface area (Å²) in [5.41, 5.74) is 0. The van der Waals surface area contributed by atoms with Crippen molar-refractivity contribution < 1.29 is 22.5 Å². The van der Waals surface area contributed by atoms with Crippen molar-refractivity contribution in [3.63, 3.8) is 0 Å². The van der Waals surface area contributed by atoms with Gasteiger partial charge in [-0.15, -0.1) is 0 Å². The van der Waals surface area contributed by atoms with Gasteiger partial charge in [-0.1, -0.05) is 6.58 Å². The zero-order chi connectivity index (χ0) is 11.5. The molecule has 16 heavy (non-hydrogen) atoms. The second-order valence-corrected chi connectivity index (χ2v) is 3.99. The van der Waals surface area contributed by atoms with Crippen molar-refractivity contribution in [2.45, 2.75) is 4.90 Å². The van der Waals surface area contributed by atoms with E-state index < -0.39 is 16.1 Å². The number of rotatable bonds is 3. The summed E-state index contributed by atoms with van der Waals surface area (Å²) in [6.45, 7) is 3.20. The van der Waals surface area contributed by atoms with E-state index in [-0.39, 0.29) is 40.2 Å². The van der Waals surface area contributed by atoms with Crippen molar-refractivity contribution in [2.75, 3.05) is 0 Å². The fraction of sp³-hybridized carbons (Fsp3) is 0. The van der Waals surface area contributed by atoms with Crippen LogP contribution in [0.15, 0.2) is 41.8 Å². The molecule has 0 amide bonds. The third-order valence-corrected chi connectivity index (χ3v) is 2.37. The summed E-state index contributed by atoms with van der Waals surface area (Å²) in [4.78, 5) is 10.5. The standard InChI is InChI=1S/C9H8O5S.Na.H/c1-2-9(10)14-7-3-5-8(6-4-7)15(11,12)13;;/h2-6H,1H2,(H,11,12,13);;. The van der Waals surface area contributed by atoms with Crippen LogP contribution in [0.3, 0.4) is 0 Å². The van der Waals surface area contributed by atoms with Crippen LogP contribution < -0.4 is 4.74 Å². The van der Waals surface area contributed by atoms with Crippen LogP contribution in [-0.4, -0.2) is 48.5 Å². The average Bonchev–Trinajstić information content (AvgIpc) is 2.17. The second kappa shape index (κ2) is 6.17. The van der Waals surface area contributed by atoms with E-state index in [1.807, 2.05) is 0 Å². The van der Waals surface area contributed by atoms with Crippen LogP contribution in [0.1, 0.15) is 0 Å². The molecule has 0 aromatic heterocycles. The molecule has 0 unspecified atom stereocenters. The molecule has 0 aliphatic heterocycles. The minimum atomic E-state index is -4.21. The van der Waals surface area contributed by atoms with Crippen molar-refractivity contribution in [3.8, 4) is 5.75 Å². The molecule has 0 spiro atoms. The van der Waals surface area contributed by atoms with Crippen molar-refractivity contribution in [1.82, 2.24) is 0 Å². The van der Waals surface area contributed by atoms with Gasteiger partial charge >= 0.3 is 35.5 Å². The predicted molar refractivity (Wildman–Crippen MR) is 59.2 cm³/mol. The van der Waals surface area contributed by atoms with E-state index >= 15 is 0 Å². The molecule has 0 aliphatic carbocycles. The molecule has 0 saturated carbocycles. The van der Waals surface area contributed by atoms with Crippen LogP contribution in [0.25, 0.3) is 0 Å². The molecular weight excluding hydrogens is 243 g/mol. The normalized spacial score (nSPS) is 10.1. The monoisotopic (exact) mass is 252 g/mol. The third kappa shape index (κ3) is 4.46. The van der Waals surface area contributed by atoms with Gasteiger partial charge in [-0.2, -0.15) is 8.42 Å². The SMILES string of the molecule is C=CC(=O)Oc1ccc(S(=O)(=O)O)cc1.[NaH]. The summed E-state index contributed by atoms with van der Waals surface area (Å²) >= 11 is 0. The fourth-order valence-electron chi connectivity index (χ4n) is 0.837. The Hall–Kier alpha value is -0.660. The van der Waals surface area contributed by atoms with Crippen molar-refractivity contribution in [3.05, 3.63) is 36.9 Å². The molecule has 82 valence electrons. The number of hydrogen-bond acceptors (Lipinski definition) is 4. The third-order valence-electron chi connectivity index (χ3n) is 1.51. The number of carbonyl (C=O) groups excluding carboxylic acids is 1. The summed E-state index contributed by atoms with van der Waals surface area (Å²) in [5, 5.41) is 0. The topological polar surface area (TPSA) is 80.7 Å². The molecule has 1 rings (SSSR count). The van der Waals surface area contributed by atoms with Gasteiger partial charge in [0.15, 0.2) is 0 Å². The maximum atomic E-state index is 10.8. The number of carbonyl (C=O) groups is 1. The summed E-state index contributed by atoms with van der Waals surface area (Å²) in [6.07, 6.45) is 0.983. The Morgan fingerprint density at radius 3 is 2.19 bits per heavy atom. The van der Waals surface area contributed by atoms with Crippen molar-refractivity contribution in [1.29, 1.82) is 0 Å². The molecule has 0 bridgehead atoms. The van der Waals surface area contributed by atoms with Gasteiger partial charge in [0, 0.05) is 6.08 Å². The average molecular weight is 252 g/mol. The van der Waals surface area contributed by atoms with E-state index in [1.54, 1.807) is 0 Å². The molecule has 7 heteroatoms. The number of benzene rings is 1. The van der Waals surface area contributed by atoms with Crippen molar-refractivity contribution >= 4 is 45.6 Å². The zero-order valence-corrected chi connectivity index (χ0v) is 8.40. The molecule has 1 aromatic carbocycles. The Labute approximate surface area is 115 Å². The van der Waals surface area contributed by atoms with Crippen LogP contribution in [0.4, 0.5) is 0 Å². The van der Waals surface area contributed by atoms with Gasteiger partial charge < -0.3 is 4.74 Å². The minimum absolute atomic E-state index is 0. The summed E-state index contributed by atoms with van der Waals surface area (Å²) < 4.78 is 34.7. The molecule has 1 aromatic rings. The van der Waals surface area contributed by atoms with Crippen LogP contribution in [0, 0.1) is 0 Å². The predicted octanol–water partition coefficient (Wildman–Crippen LogP) is 0.376. The van der Waals surface area contributed by atoms with Gasteiger partial charge in [0.2, 0.25) is 0 Å². The summed E-state index contributed by atoms with van der Waals surface area (Å²) in [5.74, 6) is -0.470. The maximum absolute atomic E-state index is 10.8. The number of esters is 1. The molecule has 0 saturated heterocycles. The van der Waals surface area contributed by atoms with E-state index in [0.717, 1.165) is 18.2 Å². The Kier molecular flexibility index (Phi) is 5.91.